The number of anilines is 2. The number of amides is 1. The maximum absolute atomic E-state index is 11.9. The molecule has 0 atom stereocenters. The van der Waals surface area contributed by atoms with E-state index in [1.807, 2.05) is 26.0 Å². The van der Waals surface area contributed by atoms with Crippen molar-refractivity contribution in [3.05, 3.63) is 23.3 Å². The highest BCUT2D eigenvalue weighted by Gasteiger charge is 2.27. The lowest BCUT2D eigenvalue weighted by Crippen LogP contribution is -2.20. The molecule has 1 amide bonds. The molecule has 118 valence electrons. The lowest BCUT2D eigenvalue weighted by molar-refractivity contribution is -0.172. The third-order valence-electron chi connectivity index (χ3n) is 2.80. The molecule has 1 aromatic rings. The third kappa shape index (κ3) is 6.03. The summed E-state index contributed by atoms with van der Waals surface area (Å²) in [4.78, 5) is 11.2. The second-order valence-corrected chi connectivity index (χ2v) is 4.71. The molecule has 0 spiro atoms. The van der Waals surface area contributed by atoms with Crippen LogP contribution < -0.4 is 10.6 Å². The number of halogens is 3. The van der Waals surface area contributed by atoms with Gasteiger partial charge in [0.1, 0.15) is 6.61 Å². The van der Waals surface area contributed by atoms with E-state index in [-0.39, 0.29) is 19.1 Å². The third-order valence-corrected chi connectivity index (χ3v) is 2.80. The number of hydrogen-bond donors (Lipinski definition) is 2. The van der Waals surface area contributed by atoms with E-state index in [4.69, 9.17) is 0 Å². The highest BCUT2D eigenvalue weighted by molar-refractivity contribution is 5.91. The molecule has 0 aliphatic carbocycles. The lowest BCUT2D eigenvalue weighted by atomic mass is 10.1. The van der Waals surface area contributed by atoms with Gasteiger partial charge in [-0.05, 0) is 31.0 Å². The number of carbonyl (C=O) groups is 1. The normalized spacial score (nSPS) is 11.3. The van der Waals surface area contributed by atoms with Crippen molar-refractivity contribution in [1.29, 1.82) is 0 Å². The van der Waals surface area contributed by atoms with Crippen LogP contribution >= 0.6 is 0 Å². The molecule has 0 heterocycles. The van der Waals surface area contributed by atoms with Crippen LogP contribution in [0.4, 0.5) is 24.5 Å². The molecule has 2 N–H and O–H groups in total. The predicted molar refractivity (Wildman–Crippen MR) is 75.6 cm³/mol. The van der Waals surface area contributed by atoms with Gasteiger partial charge in [-0.25, -0.2) is 0 Å². The average molecular weight is 304 g/mol. The molecule has 0 radical (unpaired) electrons. The molecule has 0 aliphatic heterocycles. The maximum atomic E-state index is 11.9. The van der Waals surface area contributed by atoms with E-state index in [2.05, 4.69) is 15.4 Å². The van der Waals surface area contributed by atoms with Gasteiger partial charge in [0.15, 0.2) is 0 Å². The van der Waals surface area contributed by atoms with Crippen LogP contribution in [0.2, 0.25) is 0 Å². The number of alkyl halides is 3. The Morgan fingerprint density at radius 3 is 2.52 bits per heavy atom. The minimum Gasteiger partial charge on any atom is -0.382 e. The Kier molecular flexibility index (Phi) is 6.02. The summed E-state index contributed by atoms with van der Waals surface area (Å²) < 4.78 is 40.2. The van der Waals surface area contributed by atoms with E-state index >= 15 is 0 Å². The first kappa shape index (κ1) is 17.3. The van der Waals surface area contributed by atoms with Gasteiger partial charge in [-0.1, -0.05) is 6.07 Å². The predicted octanol–water partition coefficient (Wildman–Crippen LogP) is 3.25. The van der Waals surface area contributed by atoms with Crippen LogP contribution in [0.1, 0.15) is 18.1 Å². The molecule has 0 saturated heterocycles. The number of hydrogen-bond acceptors (Lipinski definition) is 3. The van der Waals surface area contributed by atoms with E-state index in [0.29, 0.717) is 5.69 Å². The summed E-state index contributed by atoms with van der Waals surface area (Å²) >= 11 is 0. The van der Waals surface area contributed by atoms with Gasteiger partial charge in [0.05, 0.1) is 6.61 Å². The van der Waals surface area contributed by atoms with Gasteiger partial charge in [0.25, 0.3) is 0 Å². The van der Waals surface area contributed by atoms with Gasteiger partial charge in [-0.3, -0.25) is 4.79 Å². The van der Waals surface area contributed by atoms with Crippen LogP contribution in [-0.4, -0.2) is 31.8 Å². The van der Waals surface area contributed by atoms with Crippen molar-refractivity contribution in [3.8, 4) is 0 Å². The fourth-order valence-electron chi connectivity index (χ4n) is 1.85. The molecule has 0 unspecified atom stereocenters. The molecule has 21 heavy (non-hydrogen) atoms. The topological polar surface area (TPSA) is 50.4 Å². The van der Waals surface area contributed by atoms with E-state index in [0.717, 1.165) is 16.8 Å². The maximum Gasteiger partial charge on any atom is 0.411 e. The number of ether oxygens (including phenoxy) is 1. The molecule has 7 heteroatoms. The smallest absolute Gasteiger partial charge is 0.382 e. The van der Waals surface area contributed by atoms with Crippen LogP contribution in [0.5, 0.6) is 0 Å². The Balaban J connectivity index is 2.58. The van der Waals surface area contributed by atoms with Gasteiger partial charge >= 0.3 is 6.18 Å². The second-order valence-electron chi connectivity index (χ2n) is 4.71. The average Bonchev–Trinajstić information content (AvgIpc) is 2.35. The highest BCUT2D eigenvalue weighted by Crippen LogP contribution is 2.27. The van der Waals surface area contributed by atoms with Crippen molar-refractivity contribution in [1.82, 2.24) is 0 Å². The summed E-state index contributed by atoms with van der Waals surface area (Å²) in [6.07, 6.45) is -4.31. The Bertz CT molecular complexity index is 502. The lowest BCUT2D eigenvalue weighted by Gasteiger charge is -2.16. The van der Waals surface area contributed by atoms with Gasteiger partial charge in [0, 0.05) is 24.8 Å². The zero-order chi connectivity index (χ0) is 16.0. The standard InChI is InChI=1S/C14H19F3N2O2/c1-9-4-5-12(10(2)13(9)19-11(3)20)18-6-7-21-8-14(15,16)17/h4-5,18H,6-8H2,1-3H3,(H,19,20). The Hall–Kier alpha value is -1.76. The van der Waals surface area contributed by atoms with E-state index < -0.39 is 12.8 Å². The van der Waals surface area contributed by atoms with Crippen LogP contribution in [0.15, 0.2) is 12.1 Å². The molecule has 1 rings (SSSR count). The van der Waals surface area contributed by atoms with Crippen LogP contribution in [0, 0.1) is 13.8 Å². The SMILES string of the molecule is CC(=O)Nc1c(C)ccc(NCCOCC(F)(F)F)c1C. The number of carbonyl (C=O) groups excluding carboxylic acids is 1. The first-order valence-electron chi connectivity index (χ1n) is 6.47. The van der Waals surface area contributed by atoms with Crippen LogP contribution in [0.3, 0.4) is 0 Å². The van der Waals surface area contributed by atoms with Crippen molar-refractivity contribution in [3.63, 3.8) is 0 Å². The molecule has 4 nitrogen and oxygen atoms in total. The molecule has 1 aromatic carbocycles. The molecular formula is C14H19F3N2O2. The summed E-state index contributed by atoms with van der Waals surface area (Å²) in [6.45, 7) is 4.07. The van der Waals surface area contributed by atoms with Crippen molar-refractivity contribution in [2.45, 2.75) is 26.9 Å². The summed E-state index contributed by atoms with van der Waals surface area (Å²) in [5, 5.41) is 5.74. The fraction of sp³-hybridized carbons (Fsp3) is 0.500. The van der Waals surface area contributed by atoms with Gasteiger partial charge in [-0.15, -0.1) is 0 Å². The van der Waals surface area contributed by atoms with E-state index in [1.165, 1.54) is 6.92 Å². The quantitative estimate of drug-likeness (QED) is 0.793. The summed E-state index contributed by atoms with van der Waals surface area (Å²) in [6, 6.07) is 3.65. The fourth-order valence-corrected chi connectivity index (χ4v) is 1.85. The molecule has 0 bridgehead atoms. The largest absolute Gasteiger partial charge is 0.411 e. The number of nitrogens with one attached hydrogen (secondary N) is 2. The minimum atomic E-state index is -4.31. The summed E-state index contributed by atoms with van der Waals surface area (Å²) in [7, 11) is 0. The molecule has 0 saturated carbocycles. The zero-order valence-electron chi connectivity index (χ0n) is 12.2. The Labute approximate surface area is 121 Å². The van der Waals surface area contributed by atoms with Crippen molar-refractivity contribution < 1.29 is 22.7 Å². The first-order valence-corrected chi connectivity index (χ1v) is 6.47. The molecule has 0 fully saturated rings. The molecule has 0 aliphatic rings. The number of rotatable bonds is 6. The van der Waals surface area contributed by atoms with Crippen LogP contribution in [0.25, 0.3) is 0 Å². The molecular weight excluding hydrogens is 285 g/mol. The summed E-state index contributed by atoms with van der Waals surface area (Å²) in [5.74, 6) is -0.174. The van der Waals surface area contributed by atoms with Crippen LogP contribution in [-0.2, 0) is 9.53 Å². The van der Waals surface area contributed by atoms with E-state index in [9.17, 15) is 18.0 Å². The van der Waals surface area contributed by atoms with Crippen molar-refractivity contribution in [2.24, 2.45) is 0 Å². The number of aryl methyl sites for hydroxylation is 1. The first-order chi connectivity index (χ1) is 9.70. The number of benzene rings is 1. The monoisotopic (exact) mass is 304 g/mol. The van der Waals surface area contributed by atoms with Crippen molar-refractivity contribution >= 4 is 17.3 Å². The second kappa shape index (κ2) is 7.31. The van der Waals surface area contributed by atoms with Gasteiger partial charge in [-0.2, -0.15) is 13.2 Å². The zero-order valence-corrected chi connectivity index (χ0v) is 12.2. The summed E-state index contributed by atoms with van der Waals surface area (Å²) in [5.41, 5.74) is 3.21. The minimum absolute atomic E-state index is 0.0533. The highest BCUT2D eigenvalue weighted by atomic mass is 19.4. The van der Waals surface area contributed by atoms with E-state index in [1.54, 1.807) is 0 Å². The Morgan fingerprint density at radius 2 is 1.95 bits per heavy atom. The van der Waals surface area contributed by atoms with Gasteiger partial charge in [0.2, 0.25) is 5.91 Å². The molecule has 0 aromatic heterocycles. The Morgan fingerprint density at radius 1 is 1.29 bits per heavy atom. The van der Waals surface area contributed by atoms with Crippen molar-refractivity contribution in [2.75, 3.05) is 30.4 Å². The van der Waals surface area contributed by atoms with Gasteiger partial charge < -0.3 is 15.4 Å².